The van der Waals surface area contributed by atoms with Crippen LogP contribution in [0.2, 0.25) is 0 Å². The lowest BCUT2D eigenvalue weighted by molar-refractivity contribution is 0.494. The highest BCUT2D eigenvalue weighted by molar-refractivity contribution is 7.99. The van der Waals surface area contributed by atoms with Gasteiger partial charge >= 0.3 is 0 Å². The lowest BCUT2D eigenvalue weighted by atomic mass is 10.1. The van der Waals surface area contributed by atoms with E-state index in [2.05, 4.69) is 88.1 Å². The van der Waals surface area contributed by atoms with Gasteiger partial charge in [-0.25, -0.2) is 4.98 Å². The summed E-state index contributed by atoms with van der Waals surface area (Å²) in [6, 6.07) is 25.8. The molecule has 2 heterocycles. The Morgan fingerprint density at radius 1 is 0.815 bits per heavy atom. The fourth-order valence-electron chi connectivity index (χ4n) is 3.84. The minimum Gasteiger partial charge on any atom is -0.339 e. The normalized spacial score (nSPS) is 14.0. The summed E-state index contributed by atoms with van der Waals surface area (Å²) in [5, 5.41) is 0. The molecule has 1 aliphatic heterocycles. The molecule has 0 amide bonds. The quantitative estimate of drug-likeness (QED) is 0.441. The number of nitrogens with zero attached hydrogens (tertiary/aromatic N) is 3. The molecule has 1 unspecified atom stereocenters. The molecule has 134 valence electrons. The number of hydrogen-bond donors (Lipinski definition) is 0. The van der Waals surface area contributed by atoms with Gasteiger partial charge in [0.2, 0.25) is 0 Å². The molecule has 1 atom stereocenters. The highest BCUT2D eigenvalue weighted by Gasteiger charge is 2.24. The molecule has 0 saturated carbocycles. The molecule has 0 saturated heterocycles. The van der Waals surface area contributed by atoms with Crippen LogP contribution in [0.1, 0.15) is 6.92 Å². The van der Waals surface area contributed by atoms with Crippen LogP contribution in [-0.4, -0.2) is 16.1 Å². The van der Waals surface area contributed by atoms with E-state index in [1.807, 2.05) is 24.2 Å². The van der Waals surface area contributed by atoms with Gasteiger partial charge in [0.25, 0.3) is 0 Å². The topological polar surface area (TPSA) is 21.1 Å². The van der Waals surface area contributed by atoms with E-state index in [-0.39, 0.29) is 0 Å². The lowest BCUT2D eigenvalue weighted by Gasteiger charge is -2.34. The van der Waals surface area contributed by atoms with Crippen molar-refractivity contribution in [2.75, 3.05) is 11.4 Å². The first-order valence-corrected chi connectivity index (χ1v) is 10.1. The number of aromatic nitrogens is 2. The molecule has 27 heavy (non-hydrogen) atoms. The fourth-order valence-corrected chi connectivity index (χ4v) is 4.93. The van der Waals surface area contributed by atoms with Crippen molar-refractivity contribution in [3.05, 3.63) is 79.1 Å². The molecule has 0 spiro atoms. The highest BCUT2D eigenvalue weighted by Crippen LogP contribution is 2.48. The van der Waals surface area contributed by atoms with E-state index in [0.29, 0.717) is 5.92 Å². The number of fused-ring (bicyclic) bond motifs is 3. The summed E-state index contributed by atoms with van der Waals surface area (Å²) in [6.45, 7) is 4.25. The van der Waals surface area contributed by atoms with Crippen LogP contribution in [0.4, 0.5) is 11.4 Å². The largest absolute Gasteiger partial charge is 0.339 e. The zero-order chi connectivity index (χ0) is 18.2. The van der Waals surface area contributed by atoms with Crippen LogP contribution >= 0.6 is 11.8 Å². The molecule has 3 nitrogen and oxygen atoms in total. The summed E-state index contributed by atoms with van der Waals surface area (Å²) in [5.41, 5.74) is 4.89. The Hall–Kier alpha value is -2.72. The van der Waals surface area contributed by atoms with Gasteiger partial charge in [-0.1, -0.05) is 55.1 Å². The van der Waals surface area contributed by atoms with Gasteiger partial charge in [-0.2, -0.15) is 0 Å². The molecule has 0 aliphatic carbocycles. The Kier molecular flexibility index (Phi) is 4.13. The summed E-state index contributed by atoms with van der Waals surface area (Å²) in [7, 11) is 0. The molecule has 4 heteroatoms. The van der Waals surface area contributed by atoms with Gasteiger partial charge in [-0.3, -0.25) is 0 Å². The van der Waals surface area contributed by atoms with Crippen LogP contribution in [-0.2, 0) is 6.54 Å². The van der Waals surface area contributed by atoms with E-state index in [1.165, 1.54) is 26.7 Å². The van der Waals surface area contributed by atoms with Gasteiger partial charge in [-0.05, 0) is 42.3 Å². The van der Waals surface area contributed by atoms with Crippen molar-refractivity contribution >= 4 is 34.2 Å². The first-order valence-electron chi connectivity index (χ1n) is 9.33. The third-order valence-electron chi connectivity index (χ3n) is 5.06. The number of hydrogen-bond acceptors (Lipinski definition) is 3. The minimum atomic E-state index is 0.479. The van der Waals surface area contributed by atoms with E-state index in [9.17, 15) is 0 Å². The molecule has 4 aromatic rings. The van der Waals surface area contributed by atoms with Gasteiger partial charge < -0.3 is 9.47 Å². The Morgan fingerprint density at radius 2 is 1.44 bits per heavy atom. The molecule has 0 fully saturated rings. The highest BCUT2D eigenvalue weighted by atomic mass is 32.2. The third kappa shape index (κ3) is 3.00. The van der Waals surface area contributed by atoms with E-state index in [4.69, 9.17) is 0 Å². The zero-order valence-corrected chi connectivity index (χ0v) is 16.1. The van der Waals surface area contributed by atoms with Crippen molar-refractivity contribution in [2.24, 2.45) is 5.92 Å². The van der Waals surface area contributed by atoms with Crippen molar-refractivity contribution in [3.63, 3.8) is 0 Å². The van der Waals surface area contributed by atoms with Crippen LogP contribution in [0.15, 0.2) is 88.9 Å². The van der Waals surface area contributed by atoms with Crippen molar-refractivity contribution in [1.29, 1.82) is 0 Å². The van der Waals surface area contributed by atoms with Gasteiger partial charge in [0.1, 0.15) is 0 Å². The lowest BCUT2D eigenvalue weighted by Crippen LogP contribution is -2.28. The molecular formula is C23H21N3S. The van der Waals surface area contributed by atoms with Crippen LogP contribution in [0.3, 0.4) is 0 Å². The monoisotopic (exact) mass is 371 g/mol. The molecule has 5 rings (SSSR count). The molecule has 0 N–H and O–H groups in total. The maximum atomic E-state index is 4.54. The summed E-state index contributed by atoms with van der Waals surface area (Å²) >= 11 is 1.86. The number of benzene rings is 3. The summed E-state index contributed by atoms with van der Waals surface area (Å²) in [6.07, 6.45) is 1.97. The molecule has 3 aromatic carbocycles. The van der Waals surface area contributed by atoms with Crippen LogP contribution in [0.25, 0.3) is 11.0 Å². The van der Waals surface area contributed by atoms with Crippen molar-refractivity contribution < 1.29 is 0 Å². The van der Waals surface area contributed by atoms with Gasteiger partial charge in [-0.15, -0.1) is 0 Å². The maximum absolute atomic E-state index is 4.54. The predicted octanol–water partition coefficient (Wildman–Crippen LogP) is 5.98. The van der Waals surface area contributed by atoms with Crippen molar-refractivity contribution in [3.8, 4) is 0 Å². The second kappa shape index (κ2) is 6.78. The SMILES string of the molecule is CC(CN1c2ccccc2Sc2ccccc21)Cn1cnc2ccccc21. The second-order valence-corrected chi connectivity index (χ2v) is 8.22. The molecule has 0 radical (unpaired) electrons. The smallest absolute Gasteiger partial charge is 0.0958 e. The maximum Gasteiger partial charge on any atom is 0.0958 e. The zero-order valence-electron chi connectivity index (χ0n) is 15.2. The molecule has 0 bridgehead atoms. The second-order valence-electron chi connectivity index (χ2n) is 7.14. The Balaban J connectivity index is 1.45. The Morgan fingerprint density at radius 3 is 2.19 bits per heavy atom. The van der Waals surface area contributed by atoms with E-state index in [0.717, 1.165) is 18.6 Å². The molecule has 1 aliphatic rings. The van der Waals surface area contributed by atoms with E-state index in [1.54, 1.807) is 0 Å². The minimum absolute atomic E-state index is 0.479. The van der Waals surface area contributed by atoms with Crippen LogP contribution in [0.5, 0.6) is 0 Å². The number of imidazole rings is 1. The molecular weight excluding hydrogens is 350 g/mol. The predicted molar refractivity (Wildman–Crippen MR) is 113 cm³/mol. The van der Waals surface area contributed by atoms with Gasteiger partial charge in [0, 0.05) is 22.9 Å². The van der Waals surface area contributed by atoms with Gasteiger partial charge in [0.15, 0.2) is 0 Å². The average molecular weight is 372 g/mol. The standard InChI is InChI=1S/C23H21N3S/c1-17(14-25-16-24-18-8-2-3-9-19(18)25)15-26-20-10-4-6-12-22(20)27-23-13-7-5-11-21(23)26/h2-13,16-17H,14-15H2,1H3. The summed E-state index contributed by atoms with van der Waals surface area (Å²) < 4.78 is 2.27. The van der Waals surface area contributed by atoms with Crippen LogP contribution in [0, 0.1) is 5.92 Å². The average Bonchev–Trinajstić information content (AvgIpc) is 3.11. The Bertz CT molecular complexity index is 1060. The van der Waals surface area contributed by atoms with E-state index < -0.39 is 0 Å². The summed E-state index contributed by atoms with van der Waals surface area (Å²) in [4.78, 5) is 9.67. The Labute approximate surface area is 163 Å². The number of rotatable bonds is 4. The van der Waals surface area contributed by atoms with Gasteiger partial charge in [0.05, 0.1) is 28.7 Å². The third-order valence-corrected chi connectivity index (χ3v) is 6.19. The fraction of sp³-hybridized carbons (Fsp3) is 0.174. The van der Waals surface area contributed by atoms with Crippen LogP contribution < -0.4 is 4.90 Å². The van der Waals surface area contributed by atoms with Crippen molar-refractivity contribution in [1.82, 2.24) is 9.55 Å². The van der Waals surface area contributed by atoms with Crippen molar-refractivity contribution in [2.45, 2.75) is 23.3 Å². The number of para-hydroxylation sites is 4. The molecule has 1 aromatic heterocycles. The first-order chi connectivity index (χ1) is 13.3. The first kappa shape index (κ1) is 16.5. The van der Waals surface area contributed by atoms with E-state index >= 15 is 0 Å². The number of anilines is 2. The summed E-state index contributed by atoms with van der Waals surface area (Å²) in [5.74, 6) is 0.479.